The first-order valence-corrected chi connectivity index (χ1v) is 8.66. The van der Waals surface area contributed by atoms with Crippen molar-refractivity contribution >= 4 is 12.1 Å². The topological polar surface area (TPSA) is 74.8 Å². The van der Waals surface area contributed by atoms with Crippen LogP contribution in [0, 0.1) is 18.7 Å². The molecule has 1 aromatic rings. The summed E-state index contributed by atoms with van der Waals surface area (Å²) in [5.74, 6) is 0.869. The number of amides is 1. The van der Waals surface area contributed by atoms with E-state index in [0.29, 0.717) is 37.1 Å². The lowest BCUT2D eigenvalue weighted by molar-refractivity contribution is 0.146. The molecule has 0 saturated heterocycles. The van der Waals surface area contributed by atoms with E-state index in [0.717, 1.165) is 18.4 Å². The Morgan fingerprint density at radius 1 is 1.40 bits per heavy atom. The zero-order chi connectivity index (χ0) is 18.2. The van der Waals surface area contributed by atoms with Crippen LogP contribution in [0.15, 0.2) is 23.2 Å². The maximum Gasteiger partial charge on any atom is 0.407 e. The Morgan fingerprint density at radius 2 is 2.16 bits per heavy atom. The number of guanidine groups is 1. The van der Waals surface area contributed by atoms with Crippen LogP contribution in [0.1, 0.15) is 30.9 Å². The number of aliphatic imine (C=N–C) groups is 1. The van der Waals surface area contributed by atoms with Gasteiger partial charge in [-0.05, 0) is 49.8 Å². The van der Waals surface area contributed by atoms with Crippen molar-refractivity contribution in [2.45, 2.75) is 39.3 Å². The summed E-state index contributed by atoms with van der Waals surface area (Å²) in [5.41, 5.74) is 1.47. The van der Waals surface area contributed by atoms with Crippen molar-refractivity contribution in [1.82, 2.24) is 16.0 Å². The van der Waals surface area contributed by atoms with Crippen LogP contribution in [0.5, 0.6) is 0 Å². The molecule has 0 aliphatic heterocycles. The highest BCUT2D eigenvalue weighted by atomic mass is 19.1. The van der Waals surface area contributed by atoms with E-state index in [1.54, 1.807) is 27.0 Å². The second-order valence-electron chi connectivity index (χ2n) is 6.20. The maximum absolute atomic E-state index is 13.6. The largest absolute Gasteiger partial charge is 0.450 e. The normalized spacial score (nSPS) is 15.4. The molecule has 1 aliphatic rings. The second-order valence-corrected chi connectivity index (χ2v) is 6.20. The SMILES string of the molecule is CCOC(=O)NC(CNC(=NC)NCc1ccc(C)c(F)c1)C1CC1. The van der Waals surface area contributed by atoms with E-state index in [9.17, 15) is 9.18 Å². The van der Waals surface area contributed by atoms with Crippen LogP contribution in [0.2, 0.25) is 0 Å². The number of hydrogen-bond donors (Lipinski definition) is 3. The number of aryl methyl sites for hydroxylation is 1. The number of hydrogen-bond acceptors (Lipinski definition) is 3. The van der Waals surface area contributed by atoms with Crippen LogP contribution >= 0.6 is 0 Å². The molecule has 0 heterocycles. The third-order valence-corrected chi connectivity index (χ3v) is 4.18. The molecular weight excluding hydrogens is 323 g/mol. The zero-order valence-corrected chi connectivity index (χ0v) is 15.1. The minimum atomic E-state index is -0.390. The van der Waals surface area contributed by atoms with E-state index >= 15 is 0 Å². The minimum Gasteiger partial charge on any atom is -0.450 e. The molecule has 0 spiro atoms. The van der Waals surface area contributed by atoms with Gasteiger partial charge in [0.15, 0.2) is 5.96 Å². The van der Waals surface area contributed by atoms with Crippen molar-refractivity contribution in [3.63, 3.8) is 0 Å². The van der Waals surface area contributed by atoms with Gasteiger partial charge in [-0.1, -0.05) is 12.1 Å². The van der Waals surface area contributed by atoms with Gasteiger partial charge in [0.05, 0.1) is 12.6 Å². The fourth-order valence-corrected chi connectivity index (χ4v) is 2.52. The minimum absolute atomic E-state index is 0.00872. The van der Waals surface area contributed by atoms with E-state index in [1.807, 2.05) is 6.07 Å². The molecule has 0 bridgehead atoms. The molecule has 0 radical (unpaired) electrons. The van der Waals surface area contributed by atoms with Gasteiger partial charge in [-0.25, -0.2) is 9.18 Å². The van der Waals surface area contributed by atoms with E-state index < -0.39 is 0 Å². The number of carbonyl (C=O) groups excluding carboxylic acids is 1. The Morgan fingerprint density at radius 3 is 2.76 bits per heavy atom. The van der Waals surface area contributed by atoms with Crippen LogP contribution in [-0.4, -0.2) is 38.3 Å². The van der Waals surface area contributed by atoms with Crippen molar-refractivity contribution < 1.29 is 13.9 Å². The predicted molar refractivity (Wildman–Crippen MR) is 96.0 cm³/mol. The van der Waals surface area contributed by atoms with Crippen molar-refractivity contribution in [1.29, 1.82) is 0 Å². The molecule has 6 nitrogen and oxygen atoms in total. The highest BCUT2D eigenvalue weighted by molar-refractivity contribution is 5.79. The van der Waals surface area contributed by atoms with Gasteiger partial charge in [-0.15, -0.1) is 0 Å². The lowest BCUT2D eigenvalue weighted by Gasteiger charge is -2.20. The van der Waals surface area contributed by atoms with Crippen molar-refractivity contribution in [2.75, 3.05) is 20.2 Å². The maximum atomic E-state index is 13.6. The molecular formula is C18H27FN4O2. The van der Waals surface area contributed by atoms with Crippen molar-refractivity contribution in [2.24, 2.45) is 10.9 Å². The standard InChI is InChI=1S/C18H27FN4O2/c1-4-25-18(24)23-16(14-7-8-14)11-22-17(20-3)21-10-13-6-5-12(2)15(19)9-13/h5-6,9,14,16H,4,7-8,10-11H2,1-3H3,(H,23,24)(H2,20,21,22). The molecule has 1 saturated carbocycles. The van der Waals surface area contributed by atoms with Gasteiger partial charge in [0, 0.05) is 20.1 Å². The molecule has 138 valence electrons. The molecule has 1 aliphatic carbocycles. The smallest absolute Gasteiger partial charge is 0.407 e. The number of benzene rings is 1. The fourth-order valence-electron chi connectivity index (χ4n) is 2.52. The summed E-state index contributed by atoms with van der Waals surface area (Å²) in [4.78, 5) is 15.8. The molecule has 0 aromatic heterocycles. The first-order valence-electron chi connectivity index (χ1n) is 8.66. The Bertz CT molecular complexity index is 617. The molecule has 1 fully saturated rings. The van der Waals surface area contributed by atoms with Gasteiger partial charge in [0.25, 0.3) is 0 Å². The van der Waals surface area contributed by atoms with E-state index in [1.165, 1.54) is 6.07 Å². The zero-order valence-electron chi connectivity index (χ0n) is 15.1. The predicted octanol–water partition coefficient (Wildman–Crippen LogP) is 2.32. The van der Waals surface area contributed by atoms with Gasteiger partial charge in [0.1, 0.15) is 5.82 Å². The molecule has 7 heteroatoms. The third kappa shape index (κ3) is 6.25. The van der Waals surface area contributed by atoms with Crippen LogP contribution in [-0.2, 0) is 11.3 Å². The number of rotatable bonds is 7. The van der Waals surface area contributed by atoms with Crippen LogP contribution < -0.4 is 16.0 Å². The lowest BCUT2D eigenvalue weighted by Crippen LogP contribution is -2.48. The first-order chi connectivity index (χ1) is 12.0. The number of ether oxygens (including phenoxy) is 1. The average Bonchev–Trinajstić information content (AvgIpc) is 3.42. The highest BCUT2D eigenvalue weighted by Crippen LogP contribution is 2.32. The van der Waals surface area contributed by atoms with Crippen LogP contribution in [0.3, 0.4) is 0 Å². The molecule has 1 unspecified atom stereocenters. The summed E-state index contributed by atoms with van der Waals surface area (Å²) in [7, 11) is 1.68. The van der Waals surface area contributed by atoms with Gasteiger partial charge >= 0.3 is 6.09 Å². The first kappa shape index (κ1) is 19.0. The van der Waals surface area contributed by atoms with Gasteiger partial charge in [-0.2, -0.15) is 0 Å². The summed E-state index contributed by atoms with van der Waals surface area (Å²) in [6, 6.07) is 5.17. The van der Waals surface area contributed by atoms with Gasteiger partial charge in [0.2, 0.25) is 0 Å². The van der Waals surface area contributed by atoms with Crippen molar-refractivity contribution in [3.05, 3.63) is 35.1 Å². The number of carbonyl (C=O) groups is 1. The Labute approximate surface area is 148 Å². The number of halogens is 1. The summed E-state index contributed by atoms with van der Waals surface area (Å²) in [6.45, 7) is 4.90. The molecule has 1 atom stereocenters. The fraction of sp³-hybridized carbons (Fsp3) is 0.556. The molecule has 1 aromatic carbocycles. The molecule has 1 amide bonds. The summed E-state index contributed by atoms with van der Waals surface area (Å²) in [5, 5.41) is 9.25. The summed E-state index contributed by atoms with van der Waals surface area (Å²) < 4.78 is 18.5. The summed E-state index contributed by atoms with van der Waals surface area (Å²) in [6.07, 6.45) is 1.82. The van der Waals surface area contributed by atoms with Gasteiger partial charge < -0.3 is 20.7 Å². The quantitative estimate of drug-likeness (QED) is 0.521. The van der Waals surface area contributed by atoms with Gasteiger partial charge in [-0.3, -0.25) is 4.99 Å². The number of nitrogens with zero attached hydrogens (tertiary/aromatic N) is 1. The van der Waals surface area contributed by atoms with Crippen molar-refractivity contribution in [3.8, 4) is 0 Å². The average molecular weight is 350 g/mol. The highest BCUT2D eigenvalue weighted by Gasteiger charge is 2.32. The monoisotopic (exact) mass is 350 g/mol. The Hall–Kier alpha value is -2.31. The third-order valence-electron chi connectivity index (χ3n) is 4.18. The molecule has 25 heavy (non-hydrogen) atoms. The van der Waals surface area contributed by atoms with E-state index in [4.69, 9.17) is 4.74 Å². The molecule has 3 N–H and O–H groups in total. The second kappa shape index (κ2) is 9.25. The van der Waals surface area contributed by atoms with Crippen LogP contribution in [0.25, 0.3) is 0 Å². The number of alkyl carbamates (subject to hydrolysis) is 1. The Kier molecular flexibility index (Phi) is 7.03. The molecule has 2 rings (SSSR count). The lowest BCUT2D eigenvalue weighted by atomic mass is 10.1. The van der Waals surface area contributed by atoms with E-state index in [-0.39, 0.29) is 18.0 Å². The summed E-state index contributed by atoms with van der Waals surface area (Å²) >= 11 is 0. The number of nitrogens with one attached hydrogen (secondary N) is 3. The van der Waals surface area contributed by atoms with Crippen LogP contribution in [0.4, 0.5) is 9.18 Å². The van der Waals surface area contributed by atoms with E-state index in [2.05, 4.69) is 20.9 Å². The Balaban J connectivity index is 1.81.